The van der Waals surface area contributed by atoms with Crippen LogP contribution in [0.25, 0.3) is 0 Å². The number of H-pyrrole nitrogens is 2. The molecule has 0 saturated carbocycles. The smallest absolute Gasteiger partial charge is 0.330 e. The number of ether oxygens (including phenoxy) is 1. The van der Waals surface area contributed by atoms with Crippen molar-refractivity contribution in [2.75, 3.05) is 7.11 Å². The van der Waals surface area contributed by atoms with Crippen LogP contribution in [0.1, 0.15) is 34.5 Å². The monoisotopic (exact) mass is 328 g/mol. The van der Waals surface area contributed by atoms with Crippen LogP contribution in [0, 0.1) is 0 Å². The molecule has 0 saturated heterocycles. The molecule has 2 rings (SSSR count). The number of hydrogen-bond acceptors (Lipinski definition) is 5. The first kappa shape index (κ1) is 17.1. The van der Waals surface area contributed by atoms with Gasteiger partial charge in [0.05, 0.1) is 12.7 Å². The normalized spacial score (nSPS) is 12.1. The minimum atomic E-state index is -0.771. The second-order valence-electron chi connectivity index (χ2n) is 5.06. The molecule has 0 fully saturated rings. The lowest BCUT2D eigenvalue weighted by molar-refractivity contribution is -0.134. The molecule has 24 heavy (non-hydrogen) atoms. The first-order valence-corrected chi connectivity index (χ1v) is 7.16. The number of benzene rings is 1. The van der Waals surface area contributed by atoms with Gasteiger partial charge in [-0.15, -0.1) is 0 Å². The number of carbonyl (C=O) groups excluding carboxylic acids is 2. The molecule has 0 aliphatic carbocycles. The number of carbonyl (C=O) groups is 2. The summed E-state index contributed by atoms with van der Waals surface area (Å²) in [7, 11) is 1.23. The largest absolute Gasteiger partial charge is 0.466 e. The maximum Gasteiger partial charge on any atom is 0.330 e. The molecule has 7 nitrogen and oxygen atoms in total. The van der Waals surface area contributed by atoms with Crippen LogP contribution < -0.4 is 11.2 Å². The van der Waals surface area contributed by atoms with Gasteiger partial charge in [-0.25, -0.2) is 9.59 Å². The van der Waals surface area contributed by atoms with Crippen LogP contribution in [0.2, 0.25) is 0 Å². The molecule has 1 aromatic heterocycles. The van der Waals surface area contributed by atoms with Gasteiger partial charge in [-0.3, -0.25) is 14.6 Å². The van der Waals surface area contributed by atoms with E-state index in [1.807, 2.05) is 0 Å². The average molecular weight is 328 g/mol. The number of rotatable bonds is 5. The zero-order valence-corrected chi connectivity index (χ0v) is 13.2. The Labute approximate surface area is 137 Å². The van der Waals surface area contributed by atoms with Crippen LogP contribution in [-0.4, -0.2) is 28.8 Å². The predicted molar refractivity (Wildman–Crippen MR) is 87.1 cm³/mol. The van der Waals surface area contributed by atoms with E-state index in [0.717, 1.165) is 6.08 Å². The van der Waals surface area contributed by atoms with E-state index < -0.39 is 28.9 Å². The molecule has 2 aromatic rings. The number of allylic oxidation sites excluding steroid dienone is 1. The van der Waals surface area contributed by atoms with Crippen molar-refractivity contribution in [3.63, 3.8) is 0 Å². The highest BCUT2D eigenvalue weighted by Crippen LogP contribution is 2.18. The number of ketones is 1. The molecule has 2 N–H and O–H groups in total. The van der Waals surface area contributed by atoms with Gasteiger partial charge in [-0.1, -0.05) is 43.3 Å². The van der Waals surface area contributed by atoms with Crippen molar-refractivity contribution >= 4 is 11.8 Å². The Bertz CT molecular complexity index is 893. The Balaban J connectivity index is 2.54. The third-order valence-electron chi connectivity index (χ3n) is 3.42. The number of nitrogens with one attached hydrogen (secondary N) is 2. The Morgan fingerprint density at radius 1 is 1.12 bits per heavy atom. The highest BCUT2D eigenvalue weighted by molar-refractivity contribution is 6.08. The summed E-state index contributed by atoms with van der Waals surface area (Å²) in [4.78, 5) is 52.1. The van der Waals surface area contributed by atoms with Crippen LogP contribution in [0.3, 0.4) is 0 Å². The maximum atomic E-state index is 12.6. The van der Waals surface area contributed by atoms with Crippen LogP contribution in [-0.2, 0) is 9.53 Å². The fraction of sp³-hybridized carbons (Fsp3) is 0.176. The van der Waals surface area contributed by atoms with Crippen LogP contribution in [0.15, 0.2) is 52.1 Å². The molecular formula is C17H16N2O5. The summed E-state index contributed by atoms with van der Waals surface area (Å²) in [6, 6.07) is 8.28. The molecule has 0 spiro atoms. The van der Waals surface area contributed by atoms with Gasteiger partial charge in [0.2, 0.25) is 5.78 Å². The van der Waals surface area contributed by atoms with E-state index in [0.29, 0.717) is 5.56 Å². The lowest BCUT2D eigenvalue weighted by Gasteiger charge is -2.11. The molecule has 1 heterocycles. The number of esters is 1. The van der Waals surface area contributed by atoms with Gasteiger partial charge < -0.3 is 9.72 Å². The van der Waals surface area contributed by atoms with Gasteiger partial charge in [0, 0.05) is 17.6 Å². The fourth-order valence-electron chi connectivity index (χ4n) is 2.23. The zero-order valence-electron chi connectivity index (χ0n) is 13.2. The van der Waals surface area contributed by atoms with Crippen LogP contribution >= 0.6 is 0 Å². The van der Waals surface area contributed by atoms with Crippen molar-refractivity contribution in [2.45, 2.75) is 12.8 Å². The maximum absolute atomic E-state index is 12.6. The minimum Gasteiger partial charge on any atom is -0.466 e. The van der Waals surface area contributed by atoms with Gasteiger partial charge >= 0.3 is 11.7 Å². The van der Waals surface area contributed by atoms with E-state index in [-0.39, 0.29) is 11.3 Å². The first-order valence-electron chi connectivity index (χ1n) is 7.16. The molecule has 1 atom stereocenters. The van der Waals surface area contributed by atoms with Crippen molar-refractivity contribution in [1.82, 2.24) is 9.97 Å². The SMILES string of the molecule is COC(=O)/C=C/C(C)c1c(C(=O)c2ccccc2)[nH]c(=O)[nH]c1=O. The summed E-state index contributed by atoms with van der Waals surface area (Å²) >= 11 is 0. The Kier molecular flexibility index (Phi) is 5.26. The standard InChI is InChI=1S/C17H16N2O5/c1-10(8-9-12(20)24-2)13-14(18-17(23)19-16(13)22)15(21)11-6-4-3-5-7-11/h3-10H,1-2H3,(H2,18,19,22,23)/b9-8+. The highest BCUT2D eigenvalue weighted by atomic mass is 16.5. The quantitative estimate of drug-likeness (QED) is 0.486. The molecule has 124 valence electrons. The third-order valence-corrected chi connectivity index (χ3v) is 3.42. The Hall–Kier alpha value is -3.22. The summed E-state index contributed by atoms with van der Waals surface area (Å²) in [5.74, 6) is -1.65. The van der Waals surface area contributed by atoms with Crippen molar-refractivity contribution in [3.05, 3.63) is 80.1 Å². The highest BCUT2D eigenvalue weighted by Gasteiger charge is 2.21. The lowest BCUT2D eigenvalue weighted by atomic mass is 9.96. The molecule has 0 amide bonds. The Morgan fingerprint density at radius 2 is 1.79 bits per heavy atom. The predicted octanol–water partition coefficient (Wildman–Crippen LogP) is 1.13. The van der Waals surface area contributed by atoms with Gasteiger partial charge in [0.15, 0.2) is 0 Å². The molecule has 1 unspecified atom stereocenters. The summed E-state index contributed by atoms with van der Waals surface area (Å²) in [5, 5.41) is 0. The van der Waals surface area contributed by atoms with Crippen LogP contribution in [0.5, 0.6) is 0 Å². The summed E-state index contributed by atoms with van der Waals surface area (Å²) < 4.78 is 4.50. The van der Waals surface area contributed by atoms with E-state index in [2.05, 4.69) is 14.7 Å². The third kappa shape index (κ3) is 3.75. The fourth-order valence-corrected chi connectivity index (χ4v) is 2.23. The molecule has 0 aliphatic rings. The zero-order chi connectivity index (χ0) is 17.7. The van der Waals surface area contributed by atoms with Gasteiger partial charge in [-0.05, 0) is 0 Å². The molecule has 1 aromatic carbocycles. The summed E-state index contributed by atoms with van der Waals surface area (Å²) in [6.07, 6.45) is 2.59. The van der Waals surface area contributed by atoms with E-state index in [1.54, 1.807) is 37.3 Å². The number of hydrogen-bond donors (Lipinski definition) is 2. The van der Waals surface area contributed by atoms with Gasteiger partial charge in [0.25, 0.3) is 5.56 Å². The van der Waals surface area contributed by atoms with Gasteiger partial charge in [0.1, 0.15) is 5.69 Å². The molecule has 0 radical (unpaired) electrons. The minimum absolute atomic E-state index is 0.0728. The van der Waals surface area contributed by atoms with E-state index in [9.17, 15) is 19.2 Å². The second-order valence-corrected chi connectivity index (χ2v) is 5.06. The average Bonchev–Trinajstić information content (AvgIpc) is 2.58. The summed E-state index contributed by atoms with van der Waals surface area (Å²) in [6.45, 7) is 1.63. The first-order chi connectivity index (χ1) is 11.4. The number of methoxy groups -OCH3 is 1. The van der Waals surface area contributed by atoms with E-state index in [1.165, 1.54) is 13.2 Å². The van der Waals surface area contributed by atoms with E-state index in [4.69, 9.17) is 0 Å². The summed E-state index contributed by atoms with van der Waals surface area (Å²) in [5.41, 5.74) is -1.14. The number of aromatic nitrogens is 2. The van der Waals surface area contributed by atoms with E-state index >= 15 is 0 Å². The number of aromatic amines is 2. The molecule has 0 aliphatic heterocycles. The second kappa shape index (κ2) is 7.36. The Morgan fingerprint density at radius 3 is 2.42 bits per heavy atom. The van der Waals surface area contributed by atoms with Crippen molar-refractivity contribution in [2.24, 2.45) is 0 Å². The molecular weight excluding hydrogens is 312 g/mol. The lowest BCUT2D eigenvalue weighted by Crippen LogP contribution is -2.31. The van der Waals surface area contributed by atoms with Crippen LogP contribution in [0.4, 0.5) is 0 Å². The molecule has 7 heteroatoms. The molecule has 0 bridgehead atoms. The van der Waals surface area contributed by atoms with Crippen molar-refractivity contribution in [3.8, 4) is 0 Å². The van der Waals surface area contributed by atoms with Gasteiger partial charge in [-0.2, -0.15) is 0 Å². The van der Waals surface area contributed by atoms with Crippen molar-refractivity contribution < 1.29 is 14.3 Å². The topological polar surface area (TPSA) is 109 Å². The van der Waals surface area contributed by atoms with Crippen molar-refractivity contribution in [1.29, 1.82) is 0 Å².